The zero-order valence-electron chi connectivity index (χ0n) is 19.0. The summed E-state index contributed by atoms with van der Waals surface area (Å²) in [5.74, 6) is 1.34. The number of ether oxygens (including phenoxy) is 1. The Hall–Kier alpha value is -3.00. The Kier molecular flexibility index (Phi) is 7.54. The van der Waals surface area contributed by atoms with E-state index in [0.29, 0.717) is 35.6 Å². The van der Waals surface area contributed by atoms with Gasteiger partial charge in [0.25, 0.3) is 5.56 Å². The van der Waals surface area contributed by atoms with Crippen LogP contribution in [0.3, 0.4) is 0 Å². The highest BCUT2D eigenvalue weighted by molar-refractivity contribution is 7.17. The van der Waals surface area contributed by atoms with Crippen molar-refractivity contribution in [2.24, 2.45) is 0 Å². The molecule has 6 nitrogen and oxygen atoms in total. The molecule has 1 unspecified atom stereocenters. The van der Waals surface area contributed by atoms with Gasteiger partial charge in [0, 0.05) is 23.1 Å². The van der Waals surface area contributed by atoms with Gasteiger partial charge in [0.2, 0.25) is 0 Å². The number of benzene rings is 2. The topological polar surface area (TPSA) is 78.5 Å². The van der Waals surface area contributed by atoms with Crippen LogP contribution in [0.15, 0.2) is 64.8 Å². The standard InChI is InChI=1S/C26H29N3O3S/c1-3-13-29(15-19(30)14-18-9-5-4-6-10-18)16-23-27-25(31)24-21(17-33-26(24)28-23)20-11-7-8-12-22(20)32-2/h4-12,17,19,30H,3,13-16H2,1-2H3,(H,27,28,31). The third kappa shape index (κ3) is 5.50. The summed E-state index contributed by atoms with van der Waals surface area (Å²) >= 11 is 1.46. The van der Waals surface area contributed by atoms with E-state index in [4.69, 9.17) is 9.72 Å². The van der Waals surface area contributed by atoms with E-state index in [1.165, 1.54) is 11.3 Å². The van der Waals surface area contributed by atoms with Crippen molar-refractivity contribution < 1.29 is 9.84 Å². The second-order valence-corrected chi connectivity index (χ2v) is 8.98. The van der Waals surface area contributed by atoms with Crippen LogP contribution in [0.2, 0.25) is 0 Å². The lowest BCUT2D eigenvalue weighted by atomic mass is 10.1. The molecule has 2 heterocycles. The minimum absolute atomic E-state index is 0.154. The van der Waals surface area contributed by atoms with Gasteiger partial charge in [-0.3, -0.25) is 9.69 Å². The highest BCUT2D eigenvalue weighted by Crippen LogP contribution is 2.36. The number of aromatic nitrogens is 2. The van der Waals surface area contributed by atoms with Gasteiger partial charge in [0.15, 0.2) is 0 Å². The molecule has 7 heteroatoms. The molecular formula is C26H29N3O3S. The van der Waals surface area contributed by atoms with Gasteiger partial charge < -0.3 is 14.8 Å². The summed E-state index contributed by atoms with van der Waals surface area (Å²) in [4.78, 5) is 23.6. The maximum atomic E-state index is 13.1. The van der Waals surface area contributed by atoms with Crippen LogP contribution in [-0.4, -0.2) is 46.3 Å². The second kappa shape index (κ2) is 10.7. The van der Waals surface area contributed by atoms with Crippen LogP contribution in [0.1, 0.15) is 24.7 Å². The van der Waals surface area contributed by atoms with Crippen LogP contribution in [0.25, 0.3) is 21.3 Å². The Balaban J connectivity index is 1.55. The van der Waals surface area contributed by atoms with E-state index < -0.39 is 6.10 Å². The molecule has 0 aliphatic heterocycles. The molecule has 2 N–H and O–H groups in total. The van der Waals surface area contributed by atoms with E-state index in [0.717, 1.165) is 35.4 Å². The summed E-state index contributed by atoms with van der Waals surface area (Å²) in [6, 6.07) is 17.7. The number of aromatic amines is 1. The fourth-order valence-corrected chi connectivity index (χ4v) is 5.10. The lowest BCUT2D eigenvalue weighted by molar-refractivity contribution is 0.107. The number of para-hydroxylation sites is 1. The molecule has 33 heavy (non-hydrogen) atoms. The molecule has 2 aromatic carbocycles. The van der Waals surface area contributed by atoms with Crippen LogP contribution in [0.4, 0.5) is 0 Å². The van der Waals surface area contributed by atoms with E-state index in [-0.39, 0.29) is 5.56 Å². The Morgan fingerprint density at radius 3 is 2.64 bits per heavy atom. The number of hydrogen-bond donors (Lipinski definition) is 2. The minimum Gasteiger partial charge on any atom is -0.496 e. The quantitative estimate of drug-likeness (QED) is 0.363. The molecule has 0 bridgehead atoms. The molecule has 0 amide bonds. The second-order valence-electron chi connectivity index (χ2n) is 8.12. The first-order valence-corrected chi connectivity index (χ1v) is 12.0. The first-order chi connectivity index (χ1) is 16.1. The van der Waals surface area contributed by atoms with Crippen molar-refractivity contribution in [3.05, 3.63) is 81.7 Å². The Morgan fingerprint density at radius 1 is 1.12 bits per heavy atom. The average molecular weight is 464 g/mol. The van der Waals surface area contributed by atoms with Crippen molar-refractivity contribution in [3.8, 4) is 16.9 Å². The number of hydrogen-bond acceptors (Lipinski definition) is 6. The lowest BCUT2D eigenvalue weighted by Crippen LogP contribution is -2.34. The Labute approximate surface area is 197 Å². The molecule has 2 aromatic heterocycles. The van der Waals surface area contributed by atoms with Crippen LogP contribution < -0.4 is 10.3 Å². The van der Waals surface area contributed by atoms with E-state index in [1.807, 2.05) is 60.0 Å². The maximum Gasteiger partial charge on any atom is 0.260 e. The summed E-state index contributed by atoms with van der Waals surface area (Å²) in [6.07, 6.45) is 1.05. The summed E-state index contributed by atoms with van der Waals surface area (Å²) in [6.45, 7) is 3.91. The van der Waals surface area contributed by atoms with Crippen molar-refractivity contribution in [2.75, 3.05) is 20.2 Å². The molecule has 4 rings (SSSR count). The highest BCUT2D eigenvalue weighted by Gasteiger charge is 2.18. The number of rotatable bonds is 10. The van der Waals surface area contributed by atoms with Gasteiger partial charge in [0.1, 0.15) is 16.4 Å². The minimum atomic E-state index is -0.492. The number of H-pyrrole nitrogens is 1. The molecule has 0 aliphatic carbocycles. The first kappa shape index (κ1) is 23.2. The van der Waals surface area contributed by atoms with Crippen LogP contribution in [-0.2, 0) is 13.0 Å². The van der Waals surface area contributed by atoms with Crippen LogP contribution in [0, 0.1) is 0 Å². The van der Waals surface area contributed by atoms with Gasteiger partial charge in [-0.1, -0.05) is 55.5 Å². The van der Waals surface area contributed by atoms with Gasteiger partial charge in [0.05, 0.1) is 25.1 Å². The van der Waals surface area contributed by atoms with Gasteiger partial charge in [-0.05, 0) is 31.0 Å². The number of thiophene rings is 1. The number of aliphatic hydroxyl groups excluding tert-OH is 1. The van der Waals surface area contributed by atoms with Crippen molar-refractivity contribution in [1.82, 2.24) is 14.9 Å². The molecule has 0 aliphatic rings. The fourth-order valence-electron chi connectivity index (χ4n) is 4.15. The molecule has 1 atom stereocenters. The number of fused-ring (bicyclic) bond motifs is 1. The van der Waals surface area contributed by atoms with Crippen LogP contribution >= 0.6 is 11.3 Å². The molecule has 4 aromatic rings. The third-order valence-electron chi connectivity index (χ3n) is 5.59. The number of aliphatic hydroxyl groups is 1. The van der Waals surface area contributed by atoms with Crippen molar-refractivity contribution in [1.29, 1.82) is 0 Å². The lowest BCUT2D eigenvalue weighted by Gasteiger charge is -2.24. The first-order valence-electron chi connectivity index (χ1n) is 11.2. The predicted octanol–water partition coefficient (Wildman–Crippen LogP) is 4.48. The zero-order valence-corrected chi connectivity index (χ0v) is 19.8. The SMILES string of the molecule is CCCN(Cc1nc2scc(-c3ccccc3OC)c2c(=O)[nH]1)CC(O)Cc1ccccc1. The fraction of sp³-hybridized carbons (Fsp3) is 0.308. The molecule has 172 valence electrons. The largest absolute Gasteiger partial charge is 0.496 e. The van der Waals surface area contributed by atoms with Gasteiger partial charge in [-0.15, -0.1) is 11.3 Å². The molecule has 0 spiro atoms. The zero-order chi connectivity index (χ0) is 23.2. The van der Waals surface area contributed by atoms with E-state index >= 15 is 0 Å². The van der Waals surface area contributed by atoms with Gasteiger partial charge in [-0.25, -0.2) is 4.98 Å². The van der Waals surface area contributed by atoms with Gasteiger partial charge >= 0.3 is 0 Å². The van der Waals surface area contributed by atoms with E-state index in [1.54, 1.807) is 7.11 Å². The average Bonchev–Trinajstić information content (AvgIpc) is 3.24. The van der Waals surface area contributed by atoms with E-state index in [2.05, 4.69) is 16.8 Å². The molecule has 0 saturated heterocycles. The normalized spacial score (nSPS) is 12.4. The molecular weight excluding hydrogens is 434 g/mol. The predicted molar refractivity (Wildman–Crippen MR) is 134 cm³/mol. The van der Waals surface area contributed by atoms with Crippen LogP contribution in [0.5, 0.6) is 5.75 Å². The summed E-state index contributed by atoms with van der Waals surface area (Å²) in [5, 5.41) is 13.2. The molecule has 0 saturated carbocycles. The number of nitrogens with zero attached hydrogens (tertiary/aromatic N) is 2. The summed E-state index contributed by atoms with van der Waals surface area (Å²) < 4.78 is 5.48. The third-order valence-corrected chi connectivity index (χ3v) is 6.46. The number of nitrogens with one attached hydrogen (secondary N) is 1. The summed E-state index contributed by atoms with van der Waals surface area (Å²) in [7, 11) is 1.63. The molecule has 0 fully saturated rings. The van der Waals surface area contributed by atoms with Crippen molar-refractivity contribution in [2.45, 2.75) is 32.4 Å². The summed E-state index contributed by atoms with van der Waals surface area (Å²) in [5.41, 5.74) is 2.66. The smallest absolute Gasteiger partial charge is 0.260 e. The maximum absolute atomic E-state index is 13.1. The van der Waals surface area contributed by atoms with Crippen molar-refractivity contribution in [3.63, 3.8) is 0 Å². The molecule has 0 radical (unpaired) electrons. The monoisotopic (exact) mass is 463 g/mol. The number of methoxy groups -OCH3 is 1. The van der Waals surface area contributed by atoms with E-state index in [9.17, 15) is 9.90 Å². The van der Waals surface area contributed by atoms with Crippen molar-refractivity contribution >= 4 is 21.6 Å². The Bertz CT molecular complexity index is 1250. The van der Waals surface area contributed by atoms with Gasteiger partial charge in [-0.2, -0.15) is 0 Å². The Morgan fingerprint density at radius 2 is 1.88 bits per heavy atom. The highest BCUT2D eigenvalue weighted by atomic mass is 32.1.